The molecule has 144 valence electrons. The van der Waals surface area contributed by atoms with Crippen molar-refractivity contribution in [1.29, 1.82) is 0 Å². The average Bonchev–Trinajstić information content (AvgIpc) is 2.46. The van der Waals surface area contributed by atoms with Crippen LogP contribution >= 0.6 is 7.82 Å². The van der Waals surface area contributed by atoms with Crippen molar-refractivity contribution in [2.45, 2.75) is 10.1 Å². The second-order valence-corrected chi connectivity index (χ2v) is 9.08. The van der Waals surface area contributed by atoms with E-state index >= 15 is 0 Å². The Morgan fingerprint density at radius 1 is 0.852 bits per heavy atom. The average molecular weight is 448 g/mol. The molecule has 27 heavy (non-hydrogen) atoms. The van der Waals surface area contributed by atoms with Crippen molar-refractivity contribution in [3.05, 3.63) is 59.7 Å². The van der Waals surface area contributed by atoms with Gasteiger partial charge in [-0.15, -0.1) is 0 Å². The molecule has 0 radical (unpaired) electrons. The Bertz CT molecular complexity index is 1080. The molecule has 1 atom stereocenters. The Morgan fingerprint density at radius 3 is 1.81 bits per heavy atom. The summed E-state index contributed by atoms with van der Waals surface area (Å²) >= 11 is 0. The summed E-state index contributed by atoms with van der Waals surface area (Å²) in [5, 5.41) is -2.09. The maximum atomic E-state index is 12.0. The van der Waals surface area contributed by atoms with Gasteiger partial charge in [-0.25, -0.2) is 4.57 Å². The molecule has 0 spiro atoms. The second-order valence-electron chi connectivity index (χ2n) is 5.03. The molecule has 0 saturated carbocycles. The van der Waals surface area contributed by atoms with E-state index in [1.807, 2.05) is 0 Å². The van der Waals surface area contributed by atoms with E-state index in [4.69, 9.17) is 9.79 Å². The first-order valence-corrected chi connectivity index (χ1v) is 11.1. The summed E-state index contributed by atoms with van der Waals surface area (Å²) in [6.45, 7) is 0. The van der Waals surface area contributed by atoms with E-state index in [1.165, 1.54) is 24.3 Å². The fraction of sp³-hybridized carbons (Fsp3) is 0.0769. The molecule has 0 heterocycles. The van der Waals surface area contributed by atoms with Crippen LogP contribution in [0.15, 0.2) is 53.4 Å². The molecule has 0 aromatic heterocycles. The van der Waals surface area contributed by atoms with E-state index in [9.17, 15) is 30.5 Å². The maximum absolute atomic E-state index is 12.0. The third-order valence-corrected chi connectivity index (χ3v) is 5.66. The molecule has 10 nitrogen and oxygen atoms in total. The molecule has 14 heteroatoms. The van der Waals surface area contributed by atoms with E-state index in [2.05, 4.69) is 4.52 Å². The van der Waals surface area contributed by atoms with Crippen molar-refractivity contribution >= 4 is 57.6 Å². The van der Waals surface area contributed by atoms with Gasteiger partial charge in [0.25, 0.3) is 20.2 Å². The van der Waals surface area contributed by atoms with Crippen LogP contribution in [0.1, 0.15) is 16.4 Å². The molecule has 0 saturated heterocycles. The standard InChI is InChI=1S/C13H13O10PS2.Na.H/c14-24(15,16)23-11-7-3-1-5-9(11)13(26(20,21)22)10-6-2-4-8-12(10)25(17,18)19;;/h1-8,13H,(H2,14,15,16)(H,17,18,19)(H,20,21,22);;. The molecular formula is C13H14NaO10PS2. The van der Waals surface area contributed by atoms with Crippen molar-refractivity contribution in [2.75, 3.05) is 0 Å². The van der Waals surface area contributed by atoms with Gasteiger partial charge in [-0.05, 0) is 17.7 Å². The van der Waals surface area contributed by atoms with Crippen molar-refractivity contribution in [2.24, 2.45) is 0 Å². The topological polar surface area (TPSA) is 176 Å². The fourth-order valence-corrected chi connectivity index (χ4v) is 4.60. The summed E-state index contributed by atoms with van der Waals surface area (Å²) in [5.74, 6) is -0.589. The number of phosphoric ester groups is 1. The molecule has 4 N–H and O–H groups in total. The third kappa shape index (κ3) is 6.36. The number of rotatable bonds is 6. The molecule has 0 bridgehead atoms. The summed E-state index contributed by atoms with van der Waals surface area (Å²) in [6, 6.07) is 9.08. The van der Waals surface area contributed by atoms with Crippen LogP contribution in [0.5, 0.6) is 5.75 Å². The van der Waals surface area contributed by atoms with Crippen LogP contribution in [0.2, 0.25) is 0 Å². The Kier molecular flexibility index (Phi) is 7.81. The van der Waals surface area contributed by atoms with Crippen molar-refractivity contribution in [1.82, 2.24) is 0 Å². The van der Waals surface area contributed by atoms with Gasteiger partial charge in [-0.2, -0.15) is 16.8 Å². The molecule has 2 rings (SSSR count). The molecule has 0 aliphatic carbocycles. The minimum absolute atomic E-state index is 0. The van der Waals surface area contributed by atoms with E-state index < -0.39 is 55.1 Å². The zero-order valence-corrected chi connectivity index (χ0v) is 15.2. The molecule has 2 aromatic carbocycles. The van der Waals surface area contributed by atoms with Crippen LogP contribution in [-0.4, -0.2) is 65.3 Å². The van der Waals surface area contributed by atoms with Gasteiger partial charge in [0.1, 0.15) is 11.0 Å². The Labute approximate surface area is 177 Å². The van der Waals surface area contributed by atoms with Gasteiger partial charge in [0.05, 0.1) is 4.90 Å². The third-order valence-electron chi connectivity index (χ3n) is 3.20. The number of phosphoric acid groups is 1. The molecule has 2 aromatic rings. The molecule has 1 unspecified atom stereocenters. The zero-order valence-electron chi connectivity index (χ0n) is 12.7. The van der Waals surface area contributed by atoms with Crippen LogP contribution in [0.25, 0.3) is 0 Å². The predicted octanol–water partition coefficient (Wildman–Crippen LogP) is 0.733. The van der Waals surface area contributed by atoms with Gasteiger partial charge >= 0.3 is 37.4 Å². The molecule has 0 fully saturated rings. The predicted molar refractivity (Wildman–Crippen MR) is 95.9 cm³/mol. The molecule has 0 aliphatic heterocycles. The van der Waals surface area contributed by atoms with Gasteiger partial charge in [-0.1, -0.05) is 36.4 Å². The fourth-order valence-electron chi connectivity index (χ4n) is 2.33. The summed E-state index contributed by atoms with van der Waals surface area (Å²) in [7, 11) is -15.0. The van der Waals surface area contributed by atoms with E-state index in [0.29, 0.717) is 0 Å². The summed E-state index contributed by atoms with van der Waals surface area (Å²) < 4.78 is 81.5. The minimum atomic E-state index is -5.09. The zero-order chi connectivity index (χ0) is 19.8. The first-order chi connectivity index (χ1) is 11.8. The Balaban J connectivity index is 0.00000364. The number of hydrogen-bond donors (Lipinski definition) is 4. The van der Waals surface area contributed by atoms with Crippen LogP contribution in [0.3, 0.4) is 0 Å². The van der Waals surface area contributed by atoms with Crippen LogP contribution in [0.4, 0.5) is 0 Å². The first kappa shape index (κ1) is 24.2. The van der Waals surface area contributed by atoms with Gasteiger partial charge in [0.2, 0.25) is 0 Å². The first-order valence-electron chi connectivity index (χ1n) is 6.67. The van der Waals surface area contributed by atoms with Crippen molar-refractivity contribution in [3.8, 4) is 5.75 Å². The number of benzene rings is 2. The van der Waals surface area contributed by atoms with Crippen LogP contribution in [-0.2, 0) is 24.8 Å². The van der Waals surface area contributed by atoms with Gasteiger partial charge in [0, 0.05) is 5.56 Å². The number of para-hydroxylation sites is 1. The van der Waals surface area contributed by atoms with Gasteiger partial charge < -0.3 is 4.52 Å². The molecular weight excluding hydrogens is 434 g/mol. The van der Waals surface area contributed by atoms with Gasteiger partial charge in [-0.3, -0.25) is 18.9 Å². The van der Waals surface area contributed by atoms with Crippen LogP contribution < -0.4 is 4.52 Å². The molecule has 0 aliphatic rings. The summed E-state index contributed by atoms with van der Waals surface area (Å²) in [5.41, 5.74) is -0.964. The second kappa shape index (κ2) is 8.70. The SMILES string of the molecule is O=P(O)(O)Oc1ccccc1C(c1ccccc1S(=O)(=O)O)S(=O)(=O)O.[NaH]. The summed E-state index contributed by atoms with van der Waals surface area (Å²) in [4.78, 5) is 17.2. The van der Waals surface area contributed by atoms with Crippen molar-refractivity contribution in [3.63, 3.8) is 0 Å². The Morgan fingerprint density at radius 2 is 1.33 bits per heavy atom. The monoisotopic (exact) mass is 448 g/mol. The van der Waals surface area contributed by atoms with E-state index in [0.717, 1.165) is 24.3 Å². The van der Waals surface area contributed by atoms with E-state index in [-0.39, 0.29) is 29.6 Å². The van der Waals surface area contributed by atoms with Crippen molar-refractivity contribution < 1.29 is 44.8 Å². The van der Waals surface area contributed by atoms with Crippen LogP contribution in [0, 0.1) is 0 Å². The normalized spacial score (nSPS) is 13.5. The number of hydrogen-bond acceptors (Lipinski definition) is 6. The molecule has 0 amide bonds. The Hall–Kier alpha value is -0.790. The quantitative estimate of drug-likeness (QED) is 0.280. The summed E-state index contributed by atoms with van der Waals surface area (Å²) in [6.07, 6.45) is 0. The van der Waals surface area contributed by atoms with E-state index in [1.54, 1.807) is 0 Å². The van der Waals surface area contributed by atoms with Gasteiger partial charge in [0.15, 0.2) is 0 Å².